The van der Waals surface area contributed by atoms with Crippen molar-refractivity contribution in [2.45, 2.75) is 44.6 Å². The van der Waals surface area contributed by atoms with E-state index in [-0.39, 0.29) is 12.6 Å². The Morgan fingerprint density at radius 3 is 2.56 bits per heavy atom. The minimum Gasteiger partial charge on any atom is -0.458 e. The first-order valence-electron chi connectivity index (χ1n) is 11.0. The number of ether oxygens (including phenoxy) is 1. The summed E-state index contributed by atoms with van der Waals surface area (Å²) in [6.45, 7) is 4.26. The van der Waals surface area contributed by atoms with Gasteiger partial charge in [0.2, 0.25) is 5.69 Å². The summed E-state index contributed by atoms with van der Waals surface area (Å²) in [5.74, 6) is -1.57. The summed E-state index contributed by atoms with van der Waals surface area (Å²) >= 11 is 0. The van der Waals surface area contributed by atoms with Crippen LogP contribution in [0.25, 0.3) is 11.3 Å². The van der Waals surface area contributed by atoms with Crippen molar-refractivity contribution in [3.8, 4) is 11.3 Å². The van der Waals surface area contributed by atoms with E-state index in [2.05, 4.69) is 11.5 Å². The normalized spacial score (nSPS) is 19.2. The lowest BCUT2D eigenvalue weighted by molar-refractivity contribution is -0.725. The van der Waals surface area contributed by atoms with Crippen molar-refractivity contribution in [3.63, 3.8) is 0 Å². The van der Waals surface area contributed by atoms with Gasteiger partial charge in [-0.25, -0.2) is 13.6 Å². The van der Waals surface area contributed by atoms with Gasteiger partial charge in [-0.15, -0.1) is 0 Å². The van der Waals surface area contributed by atoms with Gasteiger partial charge in [0.05, 0.1) is 17.6 Å². The van der Waals surface area contributed by atoms with E-state index in [1.807, 2.05) is 37.4 Å². The number of rotatable bonds is 6. The number of aromatic nitrogens is 2. The summed E-state index contributed by atoms with van der Waals surface area (Å²) in [5.41, 5.74) is 1.69. The van der Waals surface area contributed by atoms with Crippen LogP contribution in [0.5, 0.6) is 0 Å². The Labute approximate surface area is 187 Å². The summed E-state index contributed by atoms with van der Waals surface area (Å²) in [7, 11) is 1.79. The second kappa shape index (κ2) is 8.77. The molecule has 4 rings (SSSR count). The highest BCUT2D eigenvalue weighted by Gasteiger charge is 2.51. The molecule has 0 aliphatic carbocycles. The molecule has 0 fully saturated rings. The van der Waals surface area contributed by atoms with Gasteiger partial charge in [-0.3, -0.25) is 0 Å². The number of halogens is 2. The Bertz CT molecular complexity index is 1160. The molecule has 1 aliphatic rings. The van der Waals surface area contributed by atoms with Crippen molar-refractivity contribution < 1.29 is 27.4 Å². The molecule has 1 aliphatic heterocycles. The number of benzene rings is 1. The first-order valence-corrected chi connectivity index (χ1v) is 11.0. The Morgan fingerprint density at radius 1 is 1.09 bits per heavy atom. The number of fused-ring (bicyclic) bond motifs is 3. The summed E-state index contributed by atoms with van der Waals surface area (Å²) < 4.78 is 39.0. The SMILES string of the molecule is CCC1[n+]2ccccc2-c2c(F)cc(F)cc2C1(CC)CCOC(=O)c1cccc[n+]1C. The summed E-state index contributed by atoms with van der Waals surface area (Å²) in [5, 5.41) is 0. The first kappa shape index (κ1) is 22.1. The third-order valence-electron chi connectivity index (χ3n) is 6.77. The van der Waals surface area contributed by atoms with Gasteiger partial charge >= 0.3 is 5.97 Å². The number of esters is 1. The lowest BCUT2D eigenvalue weighted by Gasteiger charge is -2.41. The standard InChI is InChI=1S/C26H28F2N2O2/c1-4-23-26(5-2,12-15-32-25(31)22-11-6-8-13-29(22)3)19-16-18(27)17-20(28)24(19)21-10-7-9-14-30(21)23/h6-11,13-14,16-17,23H,4-5,12,15H2,1-3H3/q+2. The van der Waals surface area contributed by atoms with E-state index in [4.69, 9.17) is 4.74 Å². The molecule has 0 bridgehead atoms. The van der Waals surface area contributed by atoms with E-state index in [0.29, 0.717) is 29.7 Å². The smallest absolute Gasteiger partial charge is 0.403 e. The fourth-order valence-electron chi connectivity index (χ4n) is 5.24. The highest BCUT2D eigenvalue weighted by atomic mass is 19.1. The predicted octanol–water partition coefficient (Wildman–Crippen LogP) is 4.60. The first-order chi connectivity index (χ1) is 15.4. The van der Waals surface area contributed by atoms with Crippen LogP contribution in [0.1, 0.15) is 55.2 Å². The van der Waals surface area contributed by atoms with Crippen molar-refractivity contribution in [1.29, 1.82) is 0 Å². The van der Waals surface area contributed by atoms with Crippen LogP contribution in [-0.2, 0) is 17.2 Å². The van der Waals surface area contributed by atoms with Gasteiger partial charge in [-0.05, 0) is 36.6 Å². The summed E-state index contributed by atoms with van der Waals surface area (Å²) in [6.07, 6.45) is 5.62. The third-order valence-corrected chi connectivity index (χ3v) is 6.77. The third kappa shape index (κ3) is 3.57. The molecule has 0 radical (unpaired) electrons. The van der Waals surface area contributed by atoms with Crippen molar-refractivity contribution in [2.24, 2.45) is 7.05 Å². The van der Waals surface area contributed by atoms with Gasteiger partial charge in [-0.1, -0.05) is 13.8 Å². The van der Waals surface area contributed by atoms with Gasteiger partial charge in [-0.2, -0.15) is 9.13 Å². The van der Waals surface area contributed by atoms with Crippen LogP contribution in [0, 0.1) is 11.6 Å². The molecule has 3 aromatic rings. The second-order valence-corrected chi connectivity index (χ2v) is 8.32. The number of hydrogen-bond donors (Lipinski definition) is 0. The van der Waals surface area contributed by atoms with E-state index in [9.17, 15) is 9.18 Å². The zero-order valence-electron chi connectivity index (χ0n) is 18.6. The number of carbonyl (C=O) groups excluding carboxylic acids is 1. The molecule has 2 unspecified atom stereocenters. The average Bonchev–Trinajstić information content (AvgIpc) is 2.78. The Balaban J connectivity index is 1.74. The molecule has 0 saturated carbocycles. The van der Waals surface area contributed by atoms with Crippen LogP contribution < -0.4 is 9.13 Å². The van der Waals surface area contributed by atoms with Gasteiger partial charge in [0.1, 0.15) is 18.7 Å². The van der Waals surface area contributed by atoms with E-state index in [1.165, 1.54) is 6.07 Å². The topological polar surface area (TPSA) is 34.1 Å². The van der Waals surface area contributed by atoms with Crippen molar-refractivity contribution >= 4 is 5.97 Å². The Kier molecular flexibility index (Phi) is 6.04. The van der Waals surface area contributed by atoms with Crippen LogP contribution in [0.3, 0.4) is 0 Å². The molecule has 0 amide bonds. The fraction of sp³-hybridized carbons (Fsp3) is 0.346. The van der Waals surface area contributed by atoms with E-state index in [0.717, 1.165) is 18.2 Å². The van der Waals surface area contributed by atoms with Crippen molar-refractivity contribution in [2.75, 3.05) is 6.61 Å². The largest absolute Gasteiger partial charge is 0.458 e. The minimum absolute atomic E-state index is 0.0241. The van der Waals surface area contributed by atoms with Gasteiger partial charge in [0.25, 0.3) is 5.69 Å². The summed E-state index contributed by atoms with van der Waals surface area (Å²) in [4.78, 5) is 12.6. The Morgan fingerprint density at radius 2 is 1.84 bits per heavy atom. The number of carbonyl (C=O) groups is 1. The van der Waals surface area contributed by atoms with Crippen molar-refractivity contribution in [1.82, 2.24) is 0 Å². The van der Waals surface area contributed by atoms with Crippen molar-refractivity contribution in [3.05, 3.63) is 83.8 Å². The predicted molar refractivity (Wildman–Crippen MR) is 116 cm³/mol. The molecule has 0 N–H and O–H groups in total. The quantitative estimate of drug-likeness (QED) is 0.416. The average molecular weight is 439 g/mol. The molecule has 0 saturated heterocycles. The molecule has 32 heavy (non-hydrogen) atoms. The number of pyridine rings is 2. The highest BCUT2D eigenvalue weighted by molar-refractivity contribution is 5.85. The monoisotopic (exact) mass is 438 g/mol. The van der Waals surface area contributed by atoms with Gasteiger partial charge in [0.15, 0.2) is 18.4 Å². The van der Waals surface area contributed by atoms with E-state index in [1.54, 1.807) is 29.9 Å². The van der Waals surface area contributed by atoms with Crippen LogP contribution >= 0.6 is 0 Å². The van der Waals surface area contributed by atoms with Crippen LogP contribution in [0.15, 0.2) is 60.9 Å². The maximum absolute atomic E-state index is 15.1. The van der Waals surface area contributed by atoms with E-state index < -0.39 is 23.0 Å². The second-order valence-electron chi connectivity index (χ2n) is 8.32. The van der Waals surface area contributed by atoms with E-state index >= 15 is 4.39 Å². The maximum Gasteiger partial charge on any atom is 0.403 e. The molecule has 4 nitrogen and oxygen atoms in total. The zero-order chi connectivity index (χ0) is 22.9. The number of aryl methyl sites for hydroxylation is 1. The molecule has 3 heterocycles. The van der Waals surface area contributed by atoms with Crippen LogP contribution in [0.2, 0.25) is 0 Å². The summed E-state index contributed by atoms with van der Waals surface area (Å²) in [6, 6.07) is 13.4. The lowest BCUT2D eigenvalue weighted by Crippen LogP contribution is -2.56. The molecule has 2 aromatic heterocycles. The maximum atomic E-state index is 15.1. The lowest BCUT2D eigenvalue weighted by atomic mass is 9.65. The number of nitrogens with zero attached hydrogens (tertiary/aromatic N) is 2. The number of hydrogen-bond acceptors (Lipinski definition) is 2. The molecular weight excluding hydrogens is 410 g/mol. The van der Waals surface area contributed by atoms with Crippen LogP contribution in [0.4, 0.5) is 8.78 Å². The zero-order valence-corrected chi connectivity index (χ0v) is 18.6. The molecular formula is C26H28F2N2O2+2. The molecule has 2 atom stereocenters. The molecule has 166 valence electrons. The Hall–Kier alpha value is -3.15. The molecule has 6 heteroatoms. The van der Waals surface area contributed by atoms with Gasteiger partial charge < -0.3 is 4.74 Å². The fourth-order valence-corrected chi connectivity index (χ4v) is 5.24. The molecule has 1 aromatic carbocycles. The minimum atomic E-state index is -0.591. The van der Waals surface area contributed by atoms with Gasteiger partial charge in [0, 0.05) is 36.8 Å². The van der Waals surface area contributed by atoms with Crippen LogP contribution in [-0.4, -0.2) is 12.6 Å². The molecule has 0 spiro atoms. The highest BCUT2D eigenvalue weighted by Crippen LogP contribution is 2.49.